The van der Waals surface area contributed by atoms with Gasteiger partial charge >= 0.3 is 5.97 Å². The number of rotatable bonds is 3. The van der Waals surface area contributed by atoms with E-state index < -0.39 is 5.97 Å². The quantitative estimate of drug-likeness (QED) is 0.850. The van der Waals surface area contributed by atoms with E-state index >= 15 is 0 Å². The van der Waals surface area contributed by atoms with Gasteiger partial charge < -0.3 is 5.11 Å². The average Bonchev–Trinajstić information content (AvgIpc) is 2.18. The highest BCUT2D eigenvalue weighted by Crippen LogP contribution is 2.24. The molecule has 80 valence electrons. The third-order valence-corrected chi connectivity index (χ3v) is 3.08. The van der Waals surface area contributed by atoms with Gasteiger partial charge in [-0.25, -0.2) is 4.79 Å². The Morgan fingerprint density at radius 1 is 1.53 bits per heavy atom. The van der Waals surface area contributed by atoms with Crippen molar-refractivity contribution in [1.29, 1.82) is 0 Å². The minimum Gasteiger partial charge on any atom is -0.478 e. The minimum absolute atomic E-state index is 0.710. The Hall–Kier alpha value is -1.09. The summed E-state index contributed by atoms with van der Waals surface area (Å²) in [4.78, 5) is 10.6. The van der Waals surface area contributed by atoms with Gasteiger partial charge in [0.2, 0.25) is 0 Å². The summed E-state index contributed by atoms with van der Waals surface area (Å²) in [6.45, 7) is 3.95. The molecule has 1 aromatic rings. The molecule has 0 amide bonds. The lowest BCUT2D eigenvalue weighted by atomic mass is 10.0. The predicted molar refractivity (Wildman–Crippen MR) is 64.8 cm³/mol. The van der Waals surface area contributed by atoms with Crippen LogP contribution in [0.25, 0.3) is 5.57 Å². The fraction of sp³-hybridized carbons (Fsp3) is 0.250. The lowest BCUT2D eigenvalue weighted by Gasteiger charge is -2.06. The lowest BCUT2D eigenvalue weighted by molar-refractivity contribution is -0.131. The molecule has 0 radical (unpaired) electrons. The van der Waals surface area contributed by atoms with Crippen LogP contribution in [0, 0.1) is 6.92 Å². The molecule has 0 bridgehead atoms. The molecular formula is C12H13BrO2. The van der Waals surface area contributed by atoms with E-state index in [0.29, 0.717) is 6.42 Å². The second kappa shape index (κ2) is 5.12. The summed E-state index contributed by atoms with van der Waals surface area (Å²) in [6.07, 6.45) is 1.97. The Labute approximate surface area is 97.8 Å². The van der Waals surface area contributed by atoms with Crippen molar-refractivity contribution in [3.8, 4) is 0 Å². The van der Waals surface area contributed by atoms with Crippen molar-refractivity contribution >= 4 is 27.5 Å². The average molecular weight is 269 g/mol. The van der Waals surface area contributed by atoms with Gasteiger partial charge in [0.1, 0.15) is 0 Å². The van der Waals surface area contributed by atoms with Crippen LogP contribution in [0.4, 0.5) is 0 Å². The highest BCUT2D eigenvalue weighted by Gasteiger charge is 2.03. The van der Waals surface area contributed by atoms with Crippen molar-refractivity contribution in [1.82, 2.24) is 0 Å². The zero-order valence-corrected chi connectivity index (χ0v) is 10.3. The highest BCUT2D eigenvalue weighted by molar-refractivity contribution is 9.10. The molecular weight excluding hydrogens is 256 g/mol. The molecule has 0 saturated heterocycles. The molecule has 15 heavy (non-hydrogen) atoms. The summed E-state index contributed by atoms with van der Waals surface area (Å²) < 4.78 is 1.00. The Morgan fingerprint density at radius 2 is 2.20 bits per heavy atom. The standard InChI is InChI=1S/C12H13BrO2/c1-3-9(7-12(14)15)10-5-4-8(2)11(13)6-10/h4-7H,3H2,1-2H3,(H,14,15)/b9-7+. The van der Waals surface area contributed by atoms with Gasteiger partial charge in [0, 0.05) is 10.5 Å². The monoisotopic (exact) mass is 268 g/mol. The molecule has 0 saturated carbocycles. The first kappa shape index (κ1) is 12.0. The fourth-order valence-electron chi connectivity index (χ4n) is 1.33. The molecule has 0 unspecified atom stereocenters. The van der Waals surface area contributed by atoms with Crippen molar-refractivity contribution < 1.29 is 9.90 Å². The van der Waals surface area contributed by atoms with Crippen molar-refractivity contribution in [3.63, 3.8) is 0 Å². The summed E-state index contributed by atoms with van der Waals surface area (Å²) in [5.41, 5.74) is 2.94. The maximum Gasteiger partial charge on any atom is 0.328 e. The van der Waals surface area contributed by atoms with Gasteiger partial charge in [-0.2, -0.15) is 0 Å². The second-order valence-corrected chi connectivity index (χ2v) is 4.18. The van der Waals surface area contributed by atoms with Crippen molar-refractivity contribution in [2.24, 2.45) is 0 Å². The molecule has 0 fully saturated rings. The molecule has 0 atom stereocenters. The van der Waals surface area contributed by atoms with Crippen LogP contribution in [0.1, 0.15) is 24.5 Å². The summed E-state index contributed by atoms with van der Waals surface area (Å²) in [7, 11) is 0. The maximum absolute atomic E-state index is 10.6. The van der Waals surface area contributed by atoms with E-state index in [0.717, 1.165) is 21.2 Å². The normalized spacial score (nSPS) is 11.5. The second-order valence-electron chi connectivity index (χ2n) is 3.33. The van der Waals surface area contributed by atoms with Crippen molar-refractivity contribution in [2.45, 2.75) is 20.3 Å². The van der Waals surface area contributed by atoms with Gasteiger partial charge in [0.15, 0.2) is 0 Å². The lowest BCUT2D eigenvalue weighted by Crippen LogP contribution is -1.92. The number of carboxylic acids is 1. The minimum atomic E-state index is -0.899. The first-order chi connectivity index (χ1) is 7.04. The third-order valence-electron chi connectivity index (χ3n) is 2.22. The third kappa shape index (κ3) is 3.20. The number of aliphatic carboxylic acids is 1. The van der Waals surface area contributed by atoms with Crippen LogP contribution in [0.5, 0.6) is 0 Å². The van der Waals surface area contributed by atoms with Gasteiger partial charge in [0.05, 0.1) is 0 Å². The number of carboxylic acid groups (broad SMARTS) is 1. The van der Waals surface area contributed by atoms with Crippen LogP contribution in [-0.4, -0.2) is 11.1 Å². The number of carbonyl (C=O) groups is 1. The first-order valence-corrected chi connectivity index (χ1v) is 5.54. The molecule has 0 aliphatic rings. The first-order valence-electron chi connectivity index (χ1n) is 4.74. The number of allylic oxidation sites excluding steroid dienone is 1. The zero-order valence-electron chi connectivity index (χ0n) is 8.75. The largest absolute Gasteiger partial charge is 0.478 e. The summed E-state index contributed by atoms with van der Waals surface area (Å²) >= 11 is 3.44. The van der Waals surface area contributed by atoms with E-state index in [1.807, 2.05) is 32.0 Å². The molecule has 0 aliphatic heterocycles. The van der Waals surface area contributed by atoms with E-state index in [1.54, 1.807) is 0 Å². The summed E-state index contributed by atoms with van der Waals surface area (Å²) in [6, 6.07) is 5.87. The molecule has 0 aromatic heterocycles. The summed E-state index contributed by atoms with van der Waals surface area (Å²) in [5.74, 6) is -0.899. The number of hydrogen-bond donors (Lipinski definition) is 1. The Morgan fingerprint density at radius 3 is 2.67 bits per heavy atom. The molecule has 0 heterocycles. The van der Waals surface area contributed by atoms with Gasteiger partial charge in [-0.05, 0) is 36.1 Å². The Balaban J connectivity index is 3.14. The Kier molecular flexibility index (Phi) is 4.09. The molecule has 0 spiro atoms. The number of aryl methyl sites for hydroxylation is 1. The van der Waals surface area contributed by atoms with E-state index in [2.05, 4.69) is 15.9 Å². The highest BCUT2D eigenvalue weighted by atomic mass is 79.9. The summed E-state index contributed by atoms with van der Waals surface area (Å²) in [5, 5.41) is 8.71. The predicted octanol–water partition coefficient (Wildman–Crippen LogP) is 3.64. The van der Waals surface area contributed by atoms with E-state index in [9.17, 15) is 4.79 Å². The topological polar surface area (TPSA) is 37.3 Å². The smallest absolute Gasteiger partial charge is 0.328 e. The van der Waals surface area contributed by atoms with E-state index in [1.165, 1.54) is 6.08 Å². The van der Waals surface area contributed by atoms with Gasteiger partial charge in [-0.3, -0.25) is 0 Å². The molecule has 0 aliphatic carbocycles. The number of benzene rings is 1. The SMILES string of the molecule is CC/C(=C\C(=O)O)c1ccc(C)c(Br)c1. The van der Waals surface area contributed by atoms with Gasteiger partial charge in [-0.1, -0.05) is 35.0 Å². The van der Waals surface area contributed by atoms with Crippen molar-refractivity contribution in [2.75, 3.05) is 0 Å². The number of hydrogen-bond acceptors (Lipinski definition) is 1. The maximum atomic E-state index is 10.6. The molecule has 1 N–H and O–H groups in total. The van der Waals surface area contributed by atoms with Crippen LogP contribution >= 0.6 is 15.9 Å². The van der Waals surface area contributed by atoms with Crippen molar-refractivity contribution in [3.05, 3.63) is 39.9 Å². The molecule has 1 aromatic carbocycles. The van der Waals surface area contributed by atoms with Crippen LogP contribution in [0.3, 0.4) is 0 Å². The van der Waals surface area contributed by atoms with Crippen LogP contribution in [0.2, 0.25) is 0 Å². The molecule has 2 nitrogen and oxygen atoms in total. The fourth-order valence-corrected chi connectivity index (χ4v) is 1.71. The number of halogens is 1. The van der Waals surface area contributed by atoms with Crippen LogP contribution in [0.15, 0.2) is 28.7 Å². The molecule has 3 heteroatoms. The van der Waals surface area contributed by atoms with E-state index in [-0.39, 0.29) is 0 Å². The van der Waals surface area contributed by atoms with Crippen LogP contribution in [-0.2, 0) is 4.79 Å². The van der Waals surface area contributed by atoms with Gasteiger partial charge in [-0.15, -0.1) is 0 Å². The zero-order chi connectivity index (χ0) is 11.4. The van der Waals surface area contributed by atoms with Crippen LogP contribution < -0.4 is 0 Å². The van der Waals surface area contributed by atoms with Gasteiger partial charge in [0.25, 0.3) is 0 Å². The molecule has 1 rings (SSSR count). The Bertz CT molecular complexity index is 408. The van der Waals surface area contributed by atoms with E-state index in [4.69, 9.17) is 5.11 Å².